The van der Waals surface area contributed by atoms with Crippen molar-refractivity contribution in [3.05, 3.63) is 35.4 Å². The number of hydrogen-bond donors (Lipinski definition) is 1. The van der Waals surface area contributed by atoms with E-state index in [1.54, 1.807) is 0 Å². The number of carbonyl (C=O) groups is 1. The highest BCUT2D eigenvalue weighted by molar-refractivity contribution is 5.77. The van der Waals surface area contributed by atoms with Gasteiger partial charge >= 0.3 is 0 Å². The van der Waals surface area contributed by atoms with Gasteiger partial charge in [-0.25, -0.2) is 0 Å². The minimum absolute atomic E-state index is 0.195. The molecule has 2 rings (SSSR count). The van der Waals surface area contributed by atoms with E-state index in [-0.39, 0.29) is 5.91 Å². The number of rotatable bonds is 6. The third-order valence-corrected chi connectivity index (χ3v) is 3.79. The molecule has 0 unspecified atom stereocenters. The van der Waals surface area contributed by atoms with Crippen LogP contribution in [0.1, 0.15) is 36.3 Å². The first-order valence-corrected chi connectivity index (χ1v) is 7.16. The second kappa shape index (κ2) is 6.71. The Morgan fingerprint density at radius 1 is 1.37 bits per heavy atom. The zero-order valence-electron chi connectivity index (χ0n) is 12.0. The highest BCUT2D eigenvalue weighted by Crippen LogP contribution is 2.34. The molecule has 0 heterocycles. The first kappa shape index (κ1) is 14.1. The number of fused-ring (bicyclic) bond motifs is 1. The Balaban J connectivity index is 1.75. The maximum Gasteiger partial charge on any atom is 0.220 e. The summed E-state index contributed by atoms with van der Waals surface area (Å²) in [6.45, 7) is 1.80. The lowest BCUT2D eigenvalue weighted by Gasteiger charge is -2.13. The molecule has 0 saturated carbocycles. The molecule has 1 aromatic rings. The molecule has 104 valence electrons. The first-order chi connectivity index (χ1) is 9.16. The fraction of sp³-hybridized carbons (Fsp3) is 0.562. The molecule has 0 aromatic heterocycles. The van der Waals surface area contributed by atoms with E-state index in [2.05, 4.69) is 48.6 Å². The van der Waals surface area contributed by atoms with Crippen LogP contribution in [0.5, 0.6) is 0 Å². The summed E-state index contributed by atoms with van der Waals surface area (Å²) >= 11 is 0. The average molecular weight is 260 g/mol. The standard InChI is InChI=1S/C16H24N2O/c1-18(2)11-5-10-17-16(19)12-14-9-8-13-6-3-4-7-15(13)14/h3-4,6-7,14H,5,8-12H2,1-2H3,(H,17,19)/t14-/m0/s1. The lowest BCUT2D eigenvalue weighted by atomic mass is 9.97. The molecule has 0 fully saturated rings. The SMILES string of the molecule is CN(C)CCCNC(=O)C[C@@H]1CCc2ccccc21. The van der Waals surface area contributed by atoms with E-state index in [1.807, 2.05) is 0 Å². The maximum absolute atomic E-state index is 11.9. The van der Waals surface area contributed by atoms with Crippen LogP contribution in [0.15, 0.2) is 24.3 Å². The zero-order chi connectivity index (χ0) is 13.7. The van der Waals surface area contributed by atoms with Crippen molar-refractivity contribution in [3.63, 3.8) is 0 Å². The molecule has 1 N–H and O–H groups in total. The summed E-state index contributed by atoms with van der Waals surface area (Å²) in [7, 11) is 4.11. The molecule has 1 aromatic carbocycles. The minimum Gasteiger partial charge on any atom is -0.356 e. The van der Waals surface area contributed by atoms with E-state index in [0.717, 1.165) is 32.4 Å². The second-order valence-corrected chi connectivity index (χ2v) is 5.65. The van der Waals surface area contributed by atoms with Crippen molar-refractivity contribution in [1.82, 2.24) is 10.2 Å². The number of nitrogens with one attached hydrogen (secondary N) is 1. The van der Waals surface area contributed by atoms with Crippen LogP contribution < -0.4 is 5.32 Å². The van der Waals surface area contributed by atoms with Gasteiger partial charge in [0.05, 0.1) is 0 Å². The van der Waals surface area contributed by atoms with E-state index in [4.69, 9.17) is 0 Å². The van der Waals surface area contributed by atoms with Crippen LogP contribution in [0.25, 0.3) is 0 Å². The van der Waals surface area contributed by atoms with Crippen molar-refractivity contribution in [2.24, 2.45) is 0 Å². The molecular formula is C16H24N2O. The number of nitrogens with zero attached hydrogens (tertiary/aromatic N) is 1. The fourth-order valence-electron chi connectivity index (χ4n) is 2.78. The maximum atomic E-state index is 11.9. The topological polar surface area (TPSA) is 32.3 Å². The van der Waals surface area contributed by atoms with E-state index in [0.29, 0.717) is 12.3 Å². The van der Waals surface area contributed by atoms with Crippen LogP contribution in [-0.4, -0.2) is 38.0 Å². The van der Waals surface area contributed by atoms with Crippen molar-refractivity contribution in [2.75, 3.05) is 27.2 Å². The lowest BCUT2D eigenvalue weighted by molar-refractivity contribution is -0.121. The van der Waals surface area contributed by atoms with Gasteiger partial charge in [-0.15, -0.1) is 0 Å². The summed E-state index contributed by atoms with van der Waals surface area (Å²) in [5, 5.41) is 3.03. The smallest absolute Gasteiger partial charge is 0.220 e. The predicted octanol–water partition coefficient (Wildman–Crippen LogP) is 2.17. The molecule has 0 saturated heterocycles. The molecule has 3 heteroatoms. The van der Waals surface area contributed by atoms with Gasteiger partial charge in [0.15, 0.2) is 0 Å². The molecule has 0 radical (unpaired) electrons. The van der Waals surface area contributed by atoms with Gasteiger partial charge in [-0.3, -0.25) is 4.79 Å². The van der Waals surface area contributed by atoms with Gasteiger partial charge in [0, 0.05) is 13.0 Å². The van der Waals surface area contributed by atoms with Crippen molar-refractivity contribution in [2.45, 2.75) is 31.6 Å². The van der Waals surface area contributed by atoms with Crippen LogP contribution >= 0.6 is 0 Å². The highest BCUT2D eigenvalue weighted by Gasteiger charge is 2.23. The summed E-state index contributed by atoms with van der Waals surface area (Å²) in [5.74, 6) is 0.616. The predicted molar refractivity (Wildman–Crippen MR) is 78.3 cm³/mol. The lowest BCUT2D eigenvalue weighted by Crippen LogP contribution is -2.28. The van der Waals surface area contributed by atoms with Gasteiger partial charge < -0.3 is 10.2 Å². The van der Waals surface area contributed by atoms with Crippen molar-refractivity contribution >= 4 is 5.91 Å². The molecule has 1 amide bonds. The number of carbonyl (C=O) groups excluding carboxylic acids is 1. The van der Waals surface area contributed by atoms with Gasteiger partial charge in [-0.2, -0.15) is 0 Å². The van der Waals surface area contributed by atoms with Crippen molar-refractivity contribution in [1.29, 1.82) is 0 Å². The third kappa shape index (κ3) is 4.06. The number of aryl methyl sites for hydroxylation is 1. The van der Waals surface area contributed by atoms with E-state index in [9.17, 15) is 4.79 Å². The Morgan fingerprint density at radius 3 is 2.95 bits per heavy atom. The Morgan fingerprint density at radius 2 is 2.16 bits per heavy atom. The van der Waals surface area contributed by atoms with Crippen LogP contribution in [0.4, 0.5) is 0 Å². The monoisotopic (exact) mass is 260 g/mol. The number of hydrogen-bond acceptors (Lipinski definition) is 2. The summed E-state index contributed by atoms with van der Waals surface area (Å²) < 4.78 is 0. The summed E-state index contributed by atoms with van der Waals surface area (Å²) in [5.41, 5.74) is 2.80. The zero-order valence-corrected chi connectivity index (χ0v) is 12.0. The molecule has 1 atom stereocenters. The Bertz CT molecular complexity index is 429. The van der Waals surface area contributed by atoms with E-state index in [1.165, 1.54) is 11.1 Å². The molecular weight excluding hydrogens is 236 g/mol. The number of benzene rings is 1. The number of amides is 1. The highest BCUT2D eigenvalue weighted by atomic mass is 16.1. The molecule has 0 bridgehead atoms. The van der Waals surface area contributed by atoms with Crippen LogP contribution in [0, 0.1) is 0 Å². The summed E-state index contributed by atoms with van der Waals surface area (Å²) in [4.78, 5) is 14.1. The van der Waals surface area contributed by atoms with Crippen LogP contribution in [0.2, 0.25) is 0 Å². The largest absolute Gasteiger partial charge is 0.356 e. The minimum atomic E-state index is 0.195. The molecule has 0 spiro atoms. The fourth-order valence-corrected chi connectivity index (χ4v) is 2.78. The normalized spacial score (nSPS) is 17.5. The van der Waals surface area contributed by atoms with Gasteiger partial charge in [0.2, 0.25) is 5.91 Å². The average Bonchev–Trinajstić information content (AvgIpc) is 2.78. The van der Waals surface area contributed by atoms with Gasteiger partial charge in [0.1, 0.15) is 0 Å². The Labute approximate surface area is 116 Å². The molecule has 0 aliphatic heterocycles. The summed E-state index contributed by atoms with van der Waals surface area (Å²) in [6, 6.07) is 8.52. The van der Waals surface area contributed by atoms with Gasteiger partial charge in [0.25, 0.3) is 0 Å². The van der Waals surface area contributed by atoms with Crippen LogP contribution in [-0.2, 0) is 11.2 Å². The van der Waals surface area contributed by atoms with Crippen LogP contribution in [0.3, 0.4) is 0 Å². The van der Waals surface area contributed by atoms with Gasteiger partial charge in [-0.1, -0.05) is 24.3 Å². The van der Waals surface area contributed by atoms with Crippen molar-refractivity contribution in [3.8, 4) is 0 Å². The van der Waals surface area contributed by atoms with E-state index >= 15 is 0 Å². The Kier molecular flexibility index (Phi) is 4.97. The molecule has 3 nitrogen and oxygen atoms in total. The van der Waals surface area contributed by atoms with E-state index < -0.39 is 0 Å². The molecule has 19 heavy (non-hydrogen) atoms. The molecule has 1 aliphatic carbocycles. The second-order valence-electron chi connectivity index (χ2n) is 5.65. The molecule has 1 aliphatic rings. The third-order valence-electron chi connectivity index (χ3n) is 3.79. The van der Waals surface area contributed by atoms with Crippen molar-refractivity contribution < 1.29 is 4.79 Å². The summed E-state index contributed by atoms with van der Waals surface area (Å²) in [6.07, 6.45) is 3.89. The quantitative estimate of drug-likeness (QED) is 0.795. The Hall–Kier alpha value is -1.35. The van der Waals surface area contributed by atoms with Gasteiger partial charge in [-0.05, 0) is 56.9 Å². The first-order valence-electron chi connectivity index (χ1n) is 7.16.